The standard InChI is InChI=1S/C18H12N2O8/c1-9(18(23)28-10-5-6-13-14(7-10)27-8-26-13)19-16(21)11-3-2-4-12(20(24)25)15(11)17(19)22/h2-7,9H,8H2,1H3. The zero-order valence-corrected chi connectivity index (χ0v) is 14.4. The molecule has 0 saturated heterocycles. The molecule has 0 saturated carbocycles. The van der Waals surface area contributed by atoms with Crippen LogP contribution in [0.4, 0.5) is 5.69 Å². The number of nitrogens with zero attached hydrogens (tertiary/aromatic N) is 2. The van der Waals surface area contributed by atoms with E-state index >= 15 is 0 Å². The van der Waals surface area contributed by atoms with E-state index in [-0.39, 0.29) is 23.7 Å². The van der Waals surface area contributed by atoms with Gasteiger partial charge in [-0.1, -0.05) is 6.07 Å². The number of imide groups is 1. The van der Waals surface area contributed by atoms with Crippen LogP contribution in [0.15, 0.2) is 36.4 Å². The minimum absolute atomic E-state index is 0.0525. The molecule has 2 aromatic rings. The van der Waals surface area contributed by atoms with E-state index in [1.54, 1.807) is 6.07 Å². The van der Waals surface area contributed by atoms with Crippen molar-refractivity contribution in [1.29, 1.82) is 0 Å². The predicted octanol–water partition coefficient (Wildman–Crippen LogP) is 1.91. The second-order valence-electron chi connectivity index (χ2n) is 6.05. The summed E-state index contributed by atoms with van der Waals surface area (Å²) >= 11 is 0. The molecule has 1 atom stereocenters. The first-order valence-corrected chi connectivity index (χ1v) is 8.15. The number of esters is 1. The number of benzene rings is 2. The second-order valence-corrected chi connectivity index (χ2v) is 6.05. The summed E-state index contributed by atoms with van der Waals surface area (Å²) in [6, 6.07) is 6.92. The van der Waals surface area contributed by atoms with Gasteiger partial charge in [0.15, 0.2) is 11.5 Å². The van der Waals surface area contributed by atoms with Gasteiger partial charge in [-0.25, -0.2) is 4.79 Å². The number of ether oxygens (including phenoxy) is 3. The van der Waals surface area contributed by atoms with Crippen molar-refractivity contribution in [2.24, 2.45) is 0 Å². The van der Waals surface area contributed by atoms with Crippen LogP contribution in [0.1, 0.15) is 27.6 Å². The van der Waals surface area contributed by atoms with Crippen molar-refractivity contribution >= 4 is 23.5 Å². The number of fused-ring (bicyclic) bond motifs is 2. The summed E-state index contributed by atoms with van der Waals surface area (Å²) in [7, 11) is 0. The average Bonchev–Trinajstić information content (AvgIpc) is 3.23. The molecule has 0 aliphatic carbocycles. The van der Waals surface area contributed by atoms with Crippen LogP contribution in [0.3, 0.4) is 0 Å². The lowest BCUT2D eigenvalue weighted by Crippen LogP contribution is -2.44. The molecule has 2 aliphatic rings. The van der Waals surface area contributed by atoms with Crippen molar-refractivity contribution < 1.29 is 33.5 Å². The maximum Gasteiger partial charge on any atom is 0.334 e. The van der Waals surface area contributed by atoms with Gasteiger partial charge in [0.25, 0.3) is 17.5 Å². The molecule has 2 amide bonds. The first-order valence-electron chi connectivity index (χ1n) is 8.15. The molecule has 0 aromatic heterocycles. The fourth-order valence-corrected chi connectivity index (χ4v) is 3.04. The fourth-order valence-electron chi connectivity index (χ4n) is 3.04. The molecule has 0 radical (unpaired) electrons. The van der Waals surface area contributed by atoms with Crippen LogP contribution >= 0.6 is 0 Å². The predicted molar refractivity (Wildman–Crippen MR) is 91.3 cm³/mol. The lowest BCUT2D eigenvalue weighted by molar-refractivity contribution is -0.385. The number of nitro groups is 1. The summed E-state index contributed by atoms with van der Waals surface area (Å²) in [5, 5.41) is 11.2. The Morgan fingerprint density at radius 1 is 1.18 bits per heavy atom. The Labute approximate surface area is 157 Å². The first kappa shape index (κ1) is 17.5. The molecule has 142 valence electrons. The average molecular weight is 384 g/mol. The van der Waals surface area contributed by atoms with Crippen LogP contribution in [-0.4, -0.2) is 40.4 Å². The Morgan fingerprint density at radius 2 is 1.93 bits per heavy atom. The zero-order chi connectivity index (χ0) is 20.0. The third-order valence-electron chi connectivity index (χ3n) is 4.41. The highest BCUT2D eigenvalue weighted by Gasteiger charge is 2.45. The minimum atomic E-state index is -1.29. The molecule has 4 rings (SSSR count). The van der Waals surface area contributed by atoms with Gasteiger partial charge in [-0.2, -0.15) is 0 Å². The van der Waals surface area contributed by atoms with Crippen LogP contribution in [0.25, 0.3) is 0 Å². The Bertz CT molecular complexity index is 1050. The number of carbonyl (C=O) groups excluding carboxylic acids is 3. The quantitative estimate of drug-likeness (QED) is 0.257. The first-order chi connectivity index (χ1) is 13.4. The highest BCUT2D eigenvalue weighted by Crippen LogP contribution is 2.36. The van der Waals surface area contributed by atoms with Gasteiger partial charge >= 0.3 is 5.97 Å². The largest absolute Gasteiger partial charge is 0.454 e. The third-order valence-corrected chi connectivity index (χ3v) is 4.41. The van der Waals surface area contributed by atoms with E-state index in [1.165, 1.54) is 31.2 Å². The van der Waals surface area contributed by atoms with E-state index in [4.69, 9.17) is 14.2 Å². The topological polar surface area (TPSA) is 125 Å². The smallest absolute Gasteiger partial charge is 0.334 e. The van der Waals surface area contributed by atoms with Crippen molar-refractivity contribution in [2.75, 3.05) is 6.79 Å². The minimum Gasteiger partial charge on any atom is -0.454 e. The summed E-state index contributed by atoms with van der Waals surface area (Å²) in [6.45, 7) is 1.36. The fraction of sp³-hybridized carbons (Fsp3) is 0.167. The number of nitro benzene ring substituents is 1. The number of hydrogen-bond donors (Lipinski definition) is 0. The van der Waals surface area contributed by atoms with E-state index in [9.17, 15) is 24.5 Å². The maximum absolute atomic E-state index is 12.6. The molecule has 1 unspecified atom stereocenters. The number of hydrogen-bond acceptors (Lipinski definition) is 8. The van der Waals surface area contributed by atoms with Crippen molar-refractivity contribution in [3.8, 4) is 17.2 Å². The van der Waals surface area contributed by atoms with E-state index in [2.05, 4.69) is 0 Å². The van der Waals surface area contributed by atoms with Gasteiger partial charge in [0.2, 0.25) is 6.79 Å². The van der Waals surface area contributed by atoms with Gasteiger partial charge in [0.05, 0.1) is 10.5 Å². The Kier molecular flexibility index (Phi) is 3.95. The molecule has 0 N–H and O–H groups in total. The Hall–Kier alpha value is -3.95. The van der Waals surface area contributed by atoms with E-state index in [1.807, 2.05) is 0 Å². The van der Waals surface area contributed by atoms with Gasteiger partial charge in [-0.3, -0.25) is 24.6 Å². The highest BCUT2D eigenvalue weighted by molar-refractivity contribution is 6.24. The summed E-state index contributed by atoms with van der Waals surface area (Å²) in [5.41, 5.74) is -0.947. The van der Waals surface area contributed by atoms with Crippen molar-refractivity contribution in [2.45, 2.75) is 13.0 Å². The second kappa shape index (κ2) is 6.34. The van der Waals surface area contributed by atoms with E-state index < -0.39 is 34.4 Å². The maximum atomic E-state index is 12.6. The molecule has 2 aromatic carbocycles. The molecule has 0 bridgehead atoms. The van der Waals surface area contributed by atoms with Gasteiger partial charge in [0, 0.05) is 12.1 Å². The Morgan fingerprint density at radius 3 is 2.68 bits per heavy atom. The molecular formula is C18H12N2O8. The summed E-state index contributed by atoms with van der Waals surface area (Å²) < 4.78 is 15.6. The summed E-state index contributed by atoms with van der Waals surface area (Å²) in [4.78, 5) is 48.8. The van der Waals surface area contributed by atoms with Crippen molar-refractivity contribution in [3.63, 3.8) is 0 Å². The van der Waals surface area contributed by atoms with Crippen LogP contribution in [0, 0.1) is 10.1 Å². The highest BCUT2D eigenvalue weighted by atomic mass is 16.7. The summed E-state index contributed by atoms with van der Waals surface area (Å²) in [5.74, 6) is -1.55. The molecular weight excluding hydrogens is 372 g/mol. The molecule has 2 aliphatic heterocycles. The lowest BCUT2D eigenvalue weighted by atomic mass is 10.1. The normalized spacial score (nSPS) is 15.4. The van der Waals surface area contributed by atoms with Gasteiger partial charge in [-0.05, 0) is 25.1 Å². The van der Waals surface area contributed by atoms with Crippen LogP contribution in [0.2, 0.25) is 0 Å². The molecule has 10 heteroatoms. The van der Waals surface area contributed by atoms with Crippen LogP contribution in [-0.2, 0) is 4.79 Å². The monoisotopic (exact) mass is 384 g/mol. The van der Waals surface area contributed by atoms with E-state index in [0.717, 1.165) is 6.07 Å². The molecule has 10 nitrogen and oxygen atoms in total. The van der Waals surface area contributed by atoms with Gasteiger partial charge in [0.1, 0.15) is 17.4 Å². The van der Waals surface area contributed by atoms with E-state index in [0.29, 0.717) is 16.4 Å². The Balaban J connectivity index is 1.58. The van der Waals surface area contributed by atoms with Gasteiger partial charge < -0.3 is 14.2 Å². The molecule has 0 spiro atoms. The lowest BCUT2D eigenvalue weighted by Gasteiger charge is -2.20. The van der Waals surface area contributed by atoms with Gasteiger partial charge in [-0.15, -0.1) is 0 Å². The number of amides is 2. The molecule has 2 heterocycles. The van der Waals surface area contributed by atoms with Crippen molar-refractivity contribution in [1.82, 2.24) is 4.90 Å². The van der Waals surface area contributed by atoms with Crippen LogP contribution in [0.5, 0.6) is 17.2 Å². The number of carbonyl (C=O) groups is 3. The van der Waals surface area contributed by atoms with Crippen LogP contribution < -0.4 is 14.2 Å². The third kappa shape index (κ3) is 2.62. The summed E-state index contributed by atoms with van der Waals surface area (Å²) in [6.07, 6.45) is 0. The zero-order valence-electron chi connectivity index (χ0n) is 14.4. The number of rotatable bonds is 4. The molecule has 0 fully saturated rings. The SMILES string of the molecule is CC(C(=O)Oc1ccc2c(c1)OCO2)N1C(=O)c2cccc([N+](=O)[O-])c2C1=O. The molecule has 28 heavy (non-hydrogen) atoms. The van der Waals surface area contributed by atoms with Crippen molar-refractivity contribution in [3.05, 3.63) is 57.6 Å².